The van der Waals surface area contributed by atoms with Crippen LogP contribution in [0.1, 0.15) is 36.0 Å². The fourth-order valence-electron chi connectivity index (χ4n) is 5.76. The van der Waals surface area contributed by atoms with E-state index in [4.69, 9.17) is 4.74 Å². The fraction of sp³-hybridized carbons (Fsp3) is 0.560. The number of carbonyl (C=O) groups excluding carboxylic acids is 1. The number of amides is 1. The Morgan fingerprint density at radius 2 is 1.81 bits per heavy atom. The van der Waals surface area contributed by atoms with Gasteiger partial charge in [-0.05, 0) is 61.6 Å². The summed E-state index contributed by atoms with van der Waals surface area (Å²) in [5.41, 5.74) is 2.12. The summed E-state index contributed by atoms with van der Waals surface area (Å²) in [4.78, 5) is 14.8. The van der Waals surface area contributed by atoms with Crippen LogP contribution in [0, 0.1) is 17.8 Å². The largest absolute Gasteiger partial charge is 0.381 e. The monoisotopic (exact) mass is 435 g/mol. The van der Waals surface area contributed by atoms with Gasteiger partial charge in [-0.2, -0.15) is 0 Å². The summed E-state index contributed by atoms with van der Waals surface area (Å²) in [5.74, 6) is 3.10. The van der Waals surface area contributed by atoms with Crippen molar-refractivity contribution in [2.45, 2.75) is 31.7 Å². The van der Waals surface area contributed by atoms with E-state index < -0.39 is 0 Å². The second-order valence-corrected chi connectivity index (χ2v) is 9.54. The van der Waals surface area contributed by atoms with Crippen LogP contribution in [0.25, 0.3) is 11.3 Å². The Bertz CT molecular complexity index is 914. The Morgan fingerprint density at radius 3 is 2.50 bits per heavy atom. The van der Waals surface area contributed by atoms with Gasteiger partial charge < -0.3 is 20.3 Å². The third-order valence-corrected chi connectivity index (χ3v) is 7.38. The van der Waals surface area contributed by atoms with Crippen LogP contribution in [0.4, 0.5) is 5.82 Å². The summed E-state index contributed by atoms with van der Waals surface area (Å²) in [6.07, 6.45) is 4.85. The lowest BCUT2D eigenvalue weighted by Gasteiger charge is -2.27. The van der Waals surface area contributed by atoms with Gasteiger partial charge in [0.25, 0.3) is 5.91 Å². The lowest BCUT2D eigenvalue weighted by atomic mass is 10.00. The summed E-state index contributed by atoms with van der Waals surface area (Å²) < 4.78 is 5.51. The molecule has 32 heavy (non-hydrogen) atoms. The van der Waals surface area contributed by atoms with E-state index in [1.54, 1.807) is 7.05 Å². The van der Waals surface area contributed by atoms with Gasteiger partial charge in [-0.15, -0.1) is 10.2 Å². The highest BCUT2D eigenvalue weighted by atomic mass is 16.5. The molecular weight excluding hydrogens is 402 g/mol. The Hall–Kier alpha value is -2.51. The minimum Gasteiger partial charge on any atom is -0.381 e. The van der Waals surface area contributed by atoms with E-state index in [2.05, 4.69) is 25.7 Å². The Morgan fingerprint density at radius 1 is 1.06 bits per heavy atom. The number of nitrogens with one attached hydrogen (secondary N) is 2. The molecule has 7 nitrogen and oxygen atoms in total. The number of fused-ring (bicyclic) bond motifs is 1. The average Bonchev–Trinajstić information content (AvgIpc) is 3.37. The van der Waals surface area contributed by atoms with Crippen LogP contribution >= 0.6 is 0 Å². The van der Waals surface area contributed by atoms with Crippen molar-refractivity contribution in [3.63, 3.8) is 0 Å². The topological polar surface area (TPSA) is 79.4 Å². The summed E-state index contributed by atoms with van der Waals surface area (Å²) in [6, 6.07) is 11.9. The molecule has 1 aromatic carbocycles. The quantitative estimate of drug-likeness (QED) is 0.726. The highest BCUT2D eigenvalue weighted by molar-refractivity contribution is 6.00. The van der Waals surface area contributed by atoms with E-state index in [1.165, 1.54) is 45.3 Å². The van der Waals surface area contributed by atoms with E-state index in [0.717, 1.165) is 42.3 Å². The van der Waals surface area contributed by atoms with Gasteiger partial charge >= 0.3 is 0 Å². The highest BCUT2D eigenvalue weighted by Crippen LogP contribution is 2.39. The second-order valence-electron chi connectivity index (χ2n) is 9.54. The van der Waals surface area contributed by atoms with Crippen molar-refractivity contribution in [1.29, 1.82) is 0 Å². The predicted octanol–water partition coefficient (Wildman–Crippen LogP) is 3.05. The van der Waals surface area contributed by atoms with Crippen molar-refractivity contribution < 1.29 is 9.53 Å². The number of nitrogens with zero attached hydrogens (tertiary/aromatic N) is 3. The van der Waals surface area contributed by atoms with Crippen molar-refractivity contribution in [1.82, 2.24) is 20.4 Å². The van der Waals surface area contributed by atoms with Gasteiger partial charge in [0.1, 0.15) is 5.82 Å². The van der Waals surface area contributed by atoms with Crippen LogP contribution in [0.5, 0.6) is 0 Å². The molecule has 1 aliphatic carbocycles. The number of hydrogen-bond acceptors (Lipinski definition) is 6. The maximum atomic E-state index is 12.2. The van der Waals surface area contributed by atoms with Crippen LogP contribution in [0.3, 0.4) is 0 Å². The highest BCUT2D eigenvalue weighted by Gasteiger charge is 2.41. The molecule has 3 heterocycles. The fourth-order valence-corrected chi connectivity index (χ4v) is 5.76. The number of anilines is 1. The van der Waals surface area contributed by atoms with Gasteiger partial charge in [-0.25, -0.2) is 0 Å². The predicted molar refractivity (Wildman–Crippen MR) is 124 cm³/mol. The molecule has 1 saturated carbocycles. The molecule has 1 unspecified atom stereocenters. The van der Waals surface area contributed by atoms with Crippen molar-refractivity contribution in [3.8, 4) is 11.3 Å². The van der Waals surface area contributed by atoms with Crippen LogP contribution in [-0.2, 0) is 4.74 Å². The first-order valence-electron chi connectivity index (χ1n) is 11.9. The van der Waals surface area contributed by atoms with Crippen molar-refractivity contribution in [2.24, 2.45) is 17.8 Å². The summed E-state index contributed by atoms with van der Waals surface area (Å²) >= 11 is 0. The maximum Gasteiger partial charge on any atom is 0.251 e. The number of likely N-dealkylation sites (tertiary alicyclic amines) is 1. The minimum atomic E-state index is -0.118. The number of ether oxygens (including phenoxy) is 1. The number of hydrogen-bond donors (Lipinski definition) is 2. The zero-order valence-corrected chi connectivity index (χ0v) is 18.8. The molecule has 1 aromatic heterocycles. The average molecular weight is 436 g/mol. The molecule has 2 aromatic rings. The van der Waals surface area contributed by atoms with Gasteiger partial charge in [0.2, 0.25) is 0 Å². The Kier molecular flexibility index (Phi) is 6.37. The number of rotatable bonds is 6. The third kappa shape index (κ3) is 4.64. The molecular formula is C25H33N5O2. The van der Waals surface area contributed by atoms with Crippen molar-refractivity contribution in [2.75, 3.05) is 45.2 Å². The molecule has 5 rings (SSSR count). The Labute approximate surface area is 189 Å². The van der Waals surface area contributed by atoms with Crippen molar-refractivity contribution in [3.05, 3.63) is 42.0 Å². The van der Waals surface area contributed by atoms with Gasteiger partial charge in [0.05, 0.1) is 5.69 Å². The second kappa shape index (κ2) is 9.55. The van der Waals surface area contributed by atoms with Gasteiger partial charge in [0.15, 0.2) is 0 Å². The molecule has 3 aliphatic rings. The first-order valence-corrected chi connectivity index (χ1v) is 11.9. The minimum absolute atomic E-state index is 0.118. The van der Waals surface area contributed by atoms with E-state index in [-0.39, 0.29) is 5.91 Å². The van der Waals surface area contributed by atoms with Crippen LogP contribution < -0.4 is 10.6 Å². The standard InChI is InChI=1S/C25H33N5O2/c1-26-25(31)22-5-3-2-4-21(22)23-6-7-24(29-28-23)27-20-12-18-15-30(16-19(18)13-20)14-17-8-10-32-11-9-17/h2-7,17-20H,8-16H2,1H3,(H,26,31)(H,27,29)/t18-,19+,20?. The summed E-state index contributed by atoms with van der Waals surface area (Å²) in [7, 11) is 1.64. The molecule has 0 bridgehead atoms. The van der Waals surface area contributed by atoms with E-state index in [9.17, 15) is 4.79 Å². The van der Waals surface area contributed by atoms with E-state index in [1.807, 2.05) is 36.4 Å². The summed E-state index contributed by atoms with van der Waals surface area (Å²) in [5, 5.41) is 15.1. The lowest BCUT2D eigenvalue weighted by molar-refractivity contribution is 0.0545. The first kappa shape index (κ1) is 21.3. The van der Waals surface area contributed by atoms with Crippen LogP contribution in [-0.4, -0.2) is 66.9 Å². The van der Waals surface area contributed by atoms with Crippen molar-refractivity contribution >= 4 is 11.7 Å². The normalized spacial score (nSPS) is 26.1. The molecule has 2 N–H and O–H groups in total. The molecule has 1 amide bonds. The third-order valence-electron chi connectivity index (χ3n) is 7.38. The SMILES string of the molecule is CNC(=O)c1ccccc1-c1ccc(NC2C[C@@H]3CN(CC4CCOCC4)C[C@@H]3C2)nn1. The molecule has 3 fully saturated rings. The Balaban J connectivity index is 1.16. The molecule has 170 valence electrons. The number of carbonyl (C=O) groups is 1. The number of benzene rings is 1. The zero-order valence-electron chi connectivity index (χ0n) is 18.8. The van der Waals surface area contributed by atoms with Crippen LogP contribution in [0.15, 0.2) is 36.4 Å². The molecule has 0 spiro atoms. The molecule has 2 aliphatic heterocycles. The molecule has 0 radical (unpaired) electrons. The molecule has 2 saturated heterocycles. The maximum absolute atomic E-state index is 12.2. The van der Waals surface area contributed by atoms with Crippen LogP contribution in [0.2, 0.25) is 0 Å². The lowest BCUT2D eigenvalue weighted by Crippen LogP contribution is -2.32. The number of aromatic nitrogens is 2. The molecule has 7 heteroatoms. The van der Waals surface area contributed by atoms with Gasteiger partial charge in [-0.3, -0.25) is 4.79 Å². The van der Waals surface area contributed by atoms with Gasteiger partial charge in [-0.1, -0.05) is 18.2 Å². The first-order chi connectivity index (χ1) is 15.7. The van der Waals surface area contributed by atoms with E-state index in [0.29, 0.717) is 17.3 Å². The van der Waals surface area contributed by atoms with Gasteiger partial charge in [0, 0.05) is 57.1 Å². The zero-order chi connectivity index (χ0) is 21.9. The summed E-state index contributed by atoms with van der Waals surface area (Å²) in [6.45, 7) is 5.60. The van der Waals surface area contributed by atoms with E-state index >= 15 is 0 Å². The smallest absolute Gasteiger partial charge is 0.251 e. The molecule has 3 atom stereocenters.